The van der Waals surface area contributed by atoms with Gasteiger partial charge in [-0.3, -0.25) is 0 Å². The van der Waals surface area contributed by atoms with Crippen molar-refractivity contribution in [1.82, 2.24) is 9.88 Å². The number of nitrogens with one attached hydrogen (secondary N) is 1. The lowest BCUT2D eigenvalue weighted by molar-refractivity contribution is 0.184. The number of hydrogen-bond acceptors (Lipinski definition) is 4. The number of aromatic nitrogens is 1. The molecule has 1 fully saturated rings. The van der Waals surface area contributed by atoms with Crippen LogP contribution < -0.4 is 15.0 Å². The van der Waals surface area contributed by atoms with Gasteiger partial charge in [0, 0.05) is 37.6 Å². The number of pyridine rings is 1. The van der Waals surface area contributed by atoms with Crippen LogP contribution in [0.2, 0.25) is 0 Å². The Morgan fingerprint density at radius 2 is 1.89 bits per heavy atom. The molecular weight excluding hydrogens is 352 g/mol. The molecule has 2 amide bonds. The fourth-order valence-electron chi connectivity index (χ4n) is 3.48. The third-order valence-electron chi connectivity index (χ3n) is 5.16. The number of carbonyl (C=O) groups excluding carboxylic acids is 1. The average Bonchev–Trinajstić information content (AvgIpc) is 2.67. The van der Waals surface area contributed by atoms with Gasteiger partial charge in [0.2, 0.25) is 0 Å². The number of ether oxygens (including phenoxy) is 1. The van der Waals surface area contributed by atoms with Crippen molar-refractivity contribution in [2.45, 2.75) is 39.2 Å². The van der Waals surface area contributed by atoms with E-state index in [4.69, 9.17) is 4.74 Å². The first-order chi connectivity index (χ1) is 13.3. The number of rotatable bonds is 3. The van der Waals surface area contributed by atoms with Crippen LogP contribution in [0, 0.1) is 0 Å². The minimum Gasteiger partial charge on any atom is -0.493 e. The van der Waals surface area contributed by atoms with Crippen LogP contribution in [0.4, 0.5) is 16.3 Å². The highest BCUT2D eigenvalue weighted by Gasteiger charge is 2.29. The number of amides is 2. The minimum atomic E-state index is -0.0661. The molecule has 1 aliphatic heterocycles. The summed E-state index contributed by atoms with van der Waals surface area (Å²) in [7, 11) is 1.65. The van der Waals surface area contributed by atoms with Crippen LogP contribution in [-0.2, 0) is 5.41 Å². The van der Waals surface area contributed by atoms with Gasteiger partial charge < -0.3 is 19.9 Å². The zero-order valence-corrected chi connectivity index (χ0v) is 17.4. The molecule has 0 bridgehead atoms. The van der Waals surface area contributed by atoms with E-state index >= 15 is 0 Å². The molecular formula is C22H30N4O2. The molecule has 0 spiro atoms. The molecule has 0 radical (unpaired) electrons. The second kappa shape index (κ2) is 8.09. The Kier molecular flexibility index (Phi) is 5.77. The van der Waals surface area contributed by atoms with Crippen molar-refractivity contribution in [1.29, 1.82) is 0 Å². The van der Waals surface area contributed by atoms with Crippen LogP contribution in [0.1, 0.15) is 33.3 Å². The molecule has 1 atom stereocenters. The van der Waals surface area contributed by atoms with Gasteiger partial charge in [0.15, 0.2) is 11.6 Å². The predicted octanol–water partition coefficient (Wildman–Crippen LogP) is 4.13. The van der Waals surface area contributed by atoms with Gasteiger partial charge in [-0.2, -0.15) is 0 Å². The fraction of sp³-hybridized carbons (Fsp3) is 0.455. The molecule has 2 aromatic rings. The van der Waals surface area contributed by atoms with Crippen molar-refractivity contribution in [3.05, 3.63) is 48.2 Å². The van der Waals surface area contributed by atoms with Gasteiger partial charge in [0.25, 0.3) is 0 Å². The van der Waals surface area contributed by atoms with E-state index < -0.39 is 0 Å². The highest BCUT2D eigenvalue weighted by Crippen LogP contribution is 2.27. The average molecular weight is 383 g/mol. The number of hydrogen-bond donors (Lipinski definition) is 1. The largest absolute Gasteiger partial charge is 0.493 e. The number of benzene rings is 1. The summed E-state index contributed by atoms with van der Waals surface area (Å²) in [6.45, 7) is 10.7. The van der Waals surface area contributed by atoms with Gasteiger partial charge in [-0.1, -0.05) is 32.9 Å². The molecule has 3 rings (SSSR count). The Labute approximate surface area is 167 Å². The Balaban J connectivity index is 1.63. The van der Waals surface area contributed by atoms with Crippen molar-refractivity contribution < 1.29 is 9.53 Å². The van der Waals surface area contributed by atoms with Crippen molar-refractivity contribution in [3.63, 3.8) is 0 Å². The summed E-state index contributed by atoms with van der Waals surface area (Å²) in [5.41, 5.74) is 2.16. The molecule has 0 unspecified atom stereocenters. The molecule has 1 aromatic carbocycles. The van der Waals surface area contributed by atoms with Crippen molar-refractivity contribution in [2.75, 3.05) is 37.0 Å². The second-order valence-corrected chi connectivity index (χ2v) is 8.28. The van der Waals surface area contributed by atoms with E-state index in [1.54, 1.807) is 13.3 Å². The van der Waals surface area contributed by atoms with Gasteiger partial charge >= 0.3 is 6.03 Å². The monoisotopic (exact) mass is 382 g/mol. The Bertz CT molecular complexity index is 814. The summed E-state index contributed by atoms with van der Waals surface area (Å²) in [5.74, 6) is 1.58. The summed E-state index contributed by atoms with van der Waals surface area (Å²) in [5, 5.41) is 3.03. The van der Waals surface area contributed by atoms with Gasteiger partial charge in [-0.05, 0) is 42.2 Å². The summed E-state index contributed by atoms with van der Waals surface area (Å²) < 4.78 is 5.42. The molecule has 150 valence electrons. The van der Waals surface area contributed by atoms with Crippen LogP contribution in [0.5, 0.6) is 5.75 Å². The number of carbonyl (C=O) groups is 1. The number of methoxy groups -OCH3 is 1. The van der Waals surface area contributed by atoms with Crippen molar-refractivity contribution in [2.24, 2.45) is 0 Å². The highest BCUT2D eigenvalue weighted by atomic mass is 16.5. The van der Waals surface area contributed by atoms with Crippen molar-refractivity contribution in [3.8, 4) is 5.75 Å². The predicted molar refractivity (Wildman–Crippen MR) is 113 cm³/mol. The fourth-order valence-corrected chi connectivity index (χ4v) is 3.48. The van der Waals surface area contributed by atoms with Crippen molar-refractivity contribution >= 4 is 17.5 Å². The summed E-state index contributed by atoms with van der Waals surface area (Å²) in [6.07, 6.45) is 1.77. The normalized spacial score (nSPS) is 17.4. The van der Waals surface area contributed by atoms with E-state index in [-0.39, 0.29) is 17.5 Å². The SMILES string of the molecule is COc1cccnc1N1CCN(C(=O)Nc2ccc(C(C)(C)C)cc2)[C@H](C)C1. The summed E-state index contributed by atoms with van der Waals surface area (Å²) in [6, 6.07) is 11.9. The molecule has 0 aliphatic carbocycles. The molecule has 1 aromatic heterocycles. The lowest BCUT2D eigenvalue weighted by Crippen LogP contribution is -2.55. The number of anilines is 2. The van der Waals surface area contributed by atoms with Gasteiger partial charge in [-0.15, -0.1) is 0 Å². The van der Waals surface area contributed by atoms with E-state index in [0.29, 0.717) is 19.6 Å². The maximum absolute atomic E-state index is 12.8. The number of urea groups is 1. The lowest BCUT2D eigenvalue weighted by atomic mass is 9.87. The standard InChI is InChI=1S/C22H30N4O2/c1-16-15-25(20-19(28-5)7-6-12-23-20)13-14-26(16)21(27)24-18-10-8-17(9-11-18)22(2,3)4/h6-12,16H,13-15H2,1-5H3,(H,24,27)/t16-/m1/s1. The van der Waals surface area contributed by atoms with Gasteiger partial charge in [0.1, 0.15) is 0 Å². The maximum Gasteiger partial charge on any atom is 0.322 e. The quantitative estimate of drug-likeness (QED) is 0.867. The zero-order chi connectivity index (χ0) is 20.3. The maximum atomic E-state index is 12.8. The van der Waals surface area contributed by atoms with Crippen LogP contribution in [0.15, 0.2) is 42.6 Å². The third kappa shape index (κ3) is 4.38. The topological polar surface area (TPSA) is 57.7 Å². The third-order valence-corrected chi connectivity index (χ3v) is 5.16. The Morgan fingerprint density at radius 3 is 2.50 bits per heavy atom. The van der Waals surface area contributed by atoms with Gasteiger partial charge in [0.05, 0.1) is 7.11 Å². The molecule has 1 aliphatic rings. The summed E-state index contributed by atoms with van der Waals surface area (Å²) >= 11 is 0. The van der Waals surface area contributed by atoms with Crippen LogP contribution >= 0.6 is 0 Å². The van der Waals surface area contributed by atoms with E-state index in [1.165, 1.54) is 5.56 Å². The zero-order valence-electron chi connectivity index (χ0n) is 17.4. The first-order valence-electron chi connectivity index (χ1n) is 9.71. The molecule has 6 heteroatoms. The first-order valence-corrected chi connectivity index (χ1v) is 9.71. The lowest BCUT2D eigenvalue weighted by Gasteiger charge is -2.40. The summed E-state index contributed by atoms with van der Waals surface area (Å²) in [4.78, 5) is 21.3. The molecule has 0 saturated carbocycles. The molecule has 1 N–H and O–H groups in total. The van der Waals surface area contributed by atoms with E-state index in [2.05, 4.69) is 55.0 Å². The molecule has 6 nitrogen and oxygen atoms in total. The number of nitrogens with zero attached hydrogens (tertiary/aromatic N) is 3. The van der Waals surface area contributed by atoms with E-state index in [0.717, 1.165) is 17.3 Å². The van der Waals surface area contributed by atoms with E-state index in [9.17, 15) is 4.79 Å². The van der Waals surface area contributed by atoms with Crippen LogP contribution in [-0.4, -0.2) is 48.7 Å². The molecule has 2 heterocycles. The molecule has 1 saturated heterocycles. The Hall–Kier alpha value is -2.76. The first kappa shape index (κ1) is 20.0. The van der Waals surface area contributed by atoms with Gasteiger partial charge in [-0.25, -0.2) is 9.78 Å². The Morgan fingerprint density at radius 1 is 1.18 bits per heavy atom. The number of piperazine rings is 1. The smallest absolute Gasteiger partial charge is 0.322 e. The second-order valence-electron chi connectivity index (χ2n) is 8.28. The van der Waals surface area contributed by atoms with Crippen LogP contribution in [0.3, 0.4) is 0 Å². The van der Waals surface area contributed by atoms with E-state index in [1.807, 2.05) is 29.2 Å². The highest BCUT2D eigenvalue weighted by molar-refractivity contribution is 5.89. The van der Waals surface area contributed by atoms with Crippen LogP contribution in [0.25, 0.3) is 0 Å². The minimum absolute atomic E-state index is 0.0642. The molecule has 28 heavy (non-hydrogen) atoms.